The van der Waals surface area contributed by atoms with Gasteiger partial charge in [0.25, 0.3) is 0 Å². The van der Waals surface area contributed by atoms with Crippen molar-refractivity contribution in [2.75, 3.05) is 13.2 Å². The van der Waals surface area contributed by atoms with Crippen molar-refractivity contribution in [3.05, 3.63) is 0 Å². The Morgan fingerprint density at radius 2 is 1.67 bits per heavy atom. The minimum atomic E-state index is -3.76. The van der Waals surface area contributed by atoms with Gasteiger partial charge in [-0.3, -0.25) is 4.57 Å². The first kappa shape index (κ1) is 18.7. The van der Waals surface area contributed by atoms with Crippen LogP contribution in [0.1, 0.15) is 40.5 Å². The highest BCUT2D eigenvalue weighted by molar-refractivity contribution is 7.60. The minimum Gasteiger partial charge on any atom is -0.389 e. The third-order valence-electron chi connectivity index (χ3n) is 2.69. The standard InChI is InChI=1S/C11H23Cl2O4P/c1-5-9(4)8-10(14)11(12,13)18(15,16-6-2)17-7-3/h9-10,14H,5-8H2,1-4H3. The number of hydrogen-bond acceptors (Lipinski definition) is 4. The molecule has 2 atom stereocenters. The third kappa shape index (κ3) is 4.66. The normalized spacial score (nSPS) is 16.6. The van der Waals surface area contributed by atoms with Gasteiger partial charge < -0.3 is 14.2 Å². The van der Waals surface area contributed by atoms with Crippen molar-refractivity contribution in [2.45, 2.75) is 50.7 Å². The van der Waals surface area contributed by atoms with Crippen molar-refractivity contribution in [1.29, 1.82) is 0 Å². The second-order valence-corrected chi connectivity index (χ2v) is 8.32. The summed E-state index contributed by atoms with van der Waals surface area (Å²) >= 11 is 12.1. The number of aliphatic hydroxyl groups is 1. The summed E-state index contributed by atoms with van der Waals surface area (Å²) in [6.07, 6.45) is 0.0435. The molecule has 0 aliphatic carbocycles. The topological polar surface area (TPSA) is 55.8 Å². The lowest BCUT2D eigenvalue weighted by Crippen LogP contribution is -2.34. The Bertz CT molecular complexity index is 276. The van der Waals surface area contributed by atoms with Crippen LogP contribution in [0.15, 0.2) is 0 Å². The fraction of sp³-hybridized carbons (Fsp3) is 1.00. The first-order chi connectivity index (χ1) is 8.25. The van der Waals surface area contributed by atoms with E-state index in [4.69, 9.17) is 32.2 Å². The fourth-order valence-electron chi connectivity index (χ4n) is 1.42. The van der Waals surface area contributed by atoms with E-state index in [2.05, 4.69) is 0 Å². The number of hydrogen-bond donors (Lipinski definition) is 1. The molecule has 0 radical (unpaired) electrons. The molecule has 0 rings (SSSR count). The van der Waals surface area contributed by atoms with Gasteiger partial charge in [0.15, 0.2) is 0 Å². The number of rotatable bonds is 9. The second-order valence-electron chi connectivity index (χ2n) is 4.19. The van der Waals surface area contributed by atoms with Crippen molar-refractivity contribution in [1.82, 2.24) is 0 Å². The molecule has 0 spiro atoms. The molecule has 7 heteroatoms. The number of alkyl halides is 2. The maximum Gasteiger partial charge on any atom is 0.369 e. The average molecular weight is 321 g/mol. The molecule has 1 N–H and O–H groups in total. The predicted octanol–water partition coefficient (Wildman–Crippen LogP) is 4.18. The lowest BCUT2D eigenvalue weighted by atomic mass is 10.0. The molecule has 0 aliphatic rings. The molecule has 0 aliphatic heterocycles. The molecule has 0 bridgehead atoms. The molecule has 0 fully saturated rings. The highest BCUT2D eigenvalue weighted by Gasteiger charge is 2.53. The van der Waals surface area contributed by atoms with E-state index >= 15 is 0 Å². The van der Waals surface area contributed by atoms with Crippen LogP contribution in [0.2, 0.25) is 0 Å². The molecule has 0 aromatic carbocycles. The van der Waals surface area contributed by atoms with Crippen LogP contribution < -0.4 is 0 Å². The molecule has 0 aromatic heterocycles. The molecular formula is C11H23Cl2O4P. The molecule has 0 amide bonds. The zero-order chi connectivity index (χ0) is 14.4. The van der Waals surface area contributed by atoms with Gasteiger partial charge in [0.2, 0.25) is 4.07 Å². The van der Waals surface area contributed by atoms with Gasteiger partial charge in [-0.1, -0.05) is 43.5 Å². The Balaban J connectivity index is 4.98. The summed E-state index contributed by atoms with van der Waals surface area (Å²) in [4.78, 5) is 0. The van der Waals surface area contributed by atoms with Crippen LogP contribution in [-0.2, 0) is 13.6 Å². The summed E-state index contributed by atoms with van der Waals surface area (Å²) < 4.78 is 20.7. The second kappa shape index (κ2) is 8.08. The van der Waals surface area contributed by atoms with E-state index in [1.807, 2.05) is 13.8 Å². The molecule has 110 valence electrons. The van der Waals surface area contributed by atoms with Crippen LogP contribution in [0.25, 0.3) is 0 Å². The molecule has 2 unspecified atom stereocenters. The SMILES string of the molecule is CCOP(=O)(OCC)C(Cl)(Cl)C(O)CC(C)CC. The highest BCUT2D eigenvalue weighted by atomic mass is 35.5. The van der Waals surface area contributed by atoms with Crippen LogP contribution in [-0.4, -0.2) is 28.5 Å². The molecule has 0 aromatic rings. The van der Waals surface area contributed by atoms with Crippen molar-refractivity contribution >= 4 is 30.8 Å². The van der Waals surface area contributed by atoms with E-state index in [9.17, 15) is 9.67 Å². The van der Waals surface area contributed by atoms with E-state index in [0.29, 0.717) is 6.42 Å². The van der Waals surface area contributed by atoms with Gasteiger partial charge in [-0.2, -0.15) is 0 Å². The zero-order valence-electron chi connectivity index (χ0n) is 11.4. The van der Waals surface area contributed by atoms with Gasteiger partial charge in [0, 0.05) is 0 Å². The Hall–Kier alpha value is 0.690. The molecule has 0 heterocycles. The lowest BCUT2D eigenvalue weighted by molar-refractivity contribution is 0.126. The maximum absolute atomic E-state index is 12.5. The number of aliphatic hydroxyl groups excluding tert-OH is 1. The monoisotopic (exact) mass is 320 g/mol. The van der Waals surface area contributed by atoms with E-state index in [0.717, 1.165) is 6.42 Å². The Labute approximate surface area is 119 Å². The summed E-state index contributed by atoms with van der Waals surface area (Å²) in [5, 5.41) is 10.1. The smallest absolute Gasteiger partial charge is 0.369 e. The average Bonchev–Trinajstić information content (AvgIpc) is 2.29. The van der Waals surface area contributed by atoms with Gasteiger partial charge >= 0.3 is 7.60 Å². The molecule has 0 saturated carbocycles. The van der Waals surface area contributed by atoms with Crippen LogP contribution >= 0.6 is 30.8 Å². The summed E-state index contributed by atoms with van der Waals surface area (Å²) in [5.41, 5.74) is 0. The quantitative estimate of drug-likeness (QED) is 0.511. The third-order valence-corrected chi connectivity index (χ3v) is 6.66. The maximum atomic E-state index is 12.5. The van der Waals surface area contributed by atoms with Crippen LogP contribution in [0.3, 0.4) is 0 Å². The van der Waals surface area contributed by atoms with Crippen LogP contribution in [0.4, 0.5) is 0 Å². The van der Waals surface area contributed by atoms with Gasteiger partial charge in [0.1, 0.15) is 0 Å². The predicted molar refractivity (Wildman–Crippen MR) is 75.4 cm³/mol. The van der Waals surface area contributed by atoms with Crippen LogP contribution in [0, 0.1) is 5.92 Å². The summed E-state index contributed by atoms with van der Waals surface area (Å²) in [6.45, 7) is 7.57. The van der Waals surface area contributed by atoms with E-state index in [1.165, 1.54) is 0 Å². The van der Waals surface area contributed by atoms with Gasteiger partial charge in [-0.25, -0.2) is 0 Å². The van der Waals surface area contributed by atoms with Crippen molar-refractivity contribution in [3.8, 4) is 0 Å². The highest BCUT2D eigenvalue weighted by Crippen LogP contribution is 2.66. The first-order valence-corrected chi connectivity index (χ1v) is 8.50. The van der Waals surface area contributed by atoms with Crippen molar-refractivity contribution in [2.24, 2.45) is 5.92 Å². The van der Waals surface area contributed by atoms with E-state index < -0.39 is 17.8 Å². The van der Waals surface area contributed by atoms with E-state index in [-0.39, 0.29) is 19.1 Å². The van der Waals surface area contributed by atoms with E-state index in [1.54, 1.807) is 13.8 Å². The van der Waals surface area contributed by atoms with Gasteiger partial charge in [0.05, 0.1) is 19.3 Å². The Morgan fingerprint density at radius 1 is 1.22 bits per heavy atom. The minimum absolute atomic E-state index is 0.147. The van der Waals surface area contributed by atoms with Crippen LogP contribution in [0.5, 0.6) is 0 Å². The molecule has 18 heavy (non-hydrogen) atoms. The van der Waals surface area contributed by atoms with Crippen molar-refractivity contribution < 1.29 is 18.7 Å². The first-order valence-electron chi connectivity index (χ1n) is 6.20. The lowest BCUT2D eigenvalue weighted by Gasteiger charge is -2.33. The summed E-state index contributed by atoms with van der Waals surface area (Å²) in [7, 11) is -3.76. The number of halogens is 2. The molecular weight excluding hydrogens is 298 g/mol. The Kier molecular flexibility index (Phi) is 8.39. The van der Waals surface area contributed by atoms with Crippen molar-refractivity contribution in [3.63, 3.8) is 0 Å². The zero-order valence-corrected chi connectivity index (χ0v) is 13.8. The molecule has 0 saturated heterocycles. The fourth-order valence-corrected chi connectivity index (χ4v) is 3.75. The largest absolute Gasteiger partial charge is 0.389 e. The molecule has 4 nitrogen and oxygen atoms in total. The summed E-state index contributed by atoms with van der Waals surface area (Å²) in [5.74, 6) is 0.216. The Morgan fingerprint density at radius 3 is 2.00 bits per heavy atom. The van der Waals surface area contributed by atoms with Gasteiger partial charge in [-0.15, -0.1) is 0 Å². The summed E-state index contributed by atoms with van der Waals surface area (Å²) in [6, 6.07) is 0. The van der Waals surface area contributed by atoms with Gasteiger partial charge in [-0.05, 0) is 26.2 Å².